The van der Waals surface area contributed by atoms with Gasteiger partial charge in [-0.3, -0.25) is 4.79 Å². The van der Waals surface area contributed by atoms with E-state index in [1.54, 1.807) is 13.8 Å². The van der Waals surface area contributed by atoms with E-state index >= 15 is 0 Å². The highest BCUT2D eigenvalue weighted by atomic mass is 19.1. The molecular formula is C14H20F2N2O2. The molecule has 0 bridgehead atoms. The molecule has 3 N–H and O–H groups in total. The molecule has 1 rings (SSSR count). The highest BCUT2D eigenvalue weighted by Gasteiger charge is 2.20. The van der Waals surface area contributed by atoms with Crippen LogP contribution >= 0.6 is 0 Å². The first kappa shape index (κ1) is 16.4. The van der Waals surface area contributed by atoms with Gasteiger partial charge in [0.1, 0.15) is 0 Å². The quantitative estimate of drug-likeness (QED) is 0.837. The molecule has 20 heavy (non-hydrogen) atoms. The maximum absolute atomic E-state index is 13.8. The van der Waals surface area contributed by atoms with Crippen molar-refractivity contribution in [1.82, 2.24) is 5.32 Å². The molecule has 1 atom stereocenters. The molecular weight excluding hydrogens is 266 g/mol. The molecule has 1 aromatic carbocycles. The Morgan fingerprint density at radius 1 is 1.30 bits per heavy atom. The molecule has 112 valence electrons. The molecule has 1 unspecified atom stereocenters. The lowest BCUT2D eigenvalue weighted by Crippen LogP contribution is -2.40. The third kappa shape index (κ3) is 4.45. The minimum Gasteiger partial charge on any atom is -0.475 e. The van der Waals surface area contributed by atoms with Crippen molar-refractivity contribution < 1.29 is 18.3 Å². The Kier molecular flexibility index (Phi) is 5.88. The van der Waals surface area contributed by atoms with Gasteiger partial charge in [0, 0.05) is 6.04 Å². The fraction of sp³-hybridized carbons (Fsp3) is 0.500. The van der Waals surface area contributed by atoms with Crippen LogP contribution in [0, 0.1) is 11.6 Å². The van der Waals surface area contributed by atoms with Crippen LogP contribution in [-0.4, -0.2) is 24.6 Å². The second kappa shape index (κ2) is 7.19. The first-order valence-corrected chi connectivity index (χ1v) is 6.50. The first-order valence-electron chi connectivity index (χ1n) is 6.50. The van der Waals surface area contributed by atoms with E-state index in [1.807, 2.05) is 0 Å². The maximum atomic E-state index is 13.8. The van der Waals surface area contributed by atoms with Gasteiger partial charge in [-0.25, -0.2) is 8.78 Å². The van der Waals surface area contributed by atoms with Gasteiger partial charge in [-0.1, -0.05) is 0 Å². The van der Waals surface area contributed by atoms with E-state index in [-0.39, 0.29) is 6.04 Å². The fourth-order valence-electron chi connectivity index (χ4n) is 1.67. The number of carbonyl (C=O) groups excluding carboxylic acids is 1. The molecule has 0 saturated heterocycles. The Labute approximate surface area is 117 Å². The average molecular weight is 286 g/mol. The summed E-state index contributed by atoms with van der Waals surface area (Å²) in [4.78, 5) is 11.7. The zero-order chi connectivity index (χ0) is 15.3. The number of rotatable bonds is 6. The summed E-state index contributed by atoms with van der Waals surface area (Å²) in [7, 11) is 0. The van der Waals surface area contributed by atoms with E-state index in [9.17, 15) is 13.6 Å². The number of ether oxygens (including phenoxy) is 1. The summed E-state index contributed by atoms with van der Waals surface area (Å²) in [5, 5.41) is 2.61. The van der Waals surface area contributed by atoms with Gasteiger partial charge in [0.2, 0.25) is 0 Å². The SMILES string of the molecule is CC(C)NC(=O)C(C)Oc1c(F)cc(CCN)cc1F. The monoisotopic (exact) mass is 286 g/mol. The molecule has 1 amide bonds. The van der Waals surface area contributed by atoms with Gasteiger partial charge in [-0.15, -0.1) is 0 Å². The zero-order valence-electron chi connectivity index (χ0n) is 11.9. The van der Waals surface area contributed by atoms with Crippen molar-refractivity contribution in [1.29, 1.82) is 0 Å². The topological polar surface area (TPSA) is 64.3 Å². The smallest absolute Gasteiger partial charge is 0.260 e. The van der Waals surface area contributed by atoms with E-state index in [0.29, 0.717) is 18.5 Å². The third-order valence-corrected chi connectivity index (χ3v) is 2.59. The number of amides is 1. The van der Waals surface area contributed by atoms with Crippen molar-refractivity contribution in [3.8, 4) is 5.75 Å². The van der Waals surface area contributed by atoms with Crippen LogP contribution in [0.1, 0.15) is 26.3 Å². The third-order valence-electron chi connectivity index (χ3n) is 2.59. The number of nitrogens with two attached hydrogens (primary N) is 1. The van der Waals surface area contributed by atoms with Crippen LogP contribution in [0.2, 0.25) is 0 Å². The Morgan fingerprint density at radius 3 is 2.30 bits per heavy atom. The highest BCUT2D eigenvalue weighted by Crippen LogP contribution is 2.24. The van der Waals surface area contributed by atoms with Crippen LogP contribution in [0.4, 0.5) is 8.78 Å². The van der Waals surface area contributed by atoms with Gasteiger partial charge in [0.25, 0.3) is 5.91 Å². The molecule has 6 heteroatoms. The van der Waals surface area contributed by atoms with Gasteiger partial charge in [-0.05, 0) is 51.4 Å². The number of halogens is 2. The van der Waals surface area contributed by atoms with Crippen molar-refractivity contribution in [2.45, 2.75) is 39.3 Å². The lowest BCUT2D eigenvalue weighted by molar-refractivity contribution is -0.127. The number of hydrogen-bond acceptors (Lipinski definition) is 3. The zero-order valence-corrected chi connectivity index (χ0v) is 11.9. The van der Waals surface area contributed by atoms with Crippen LogP contribution in [0.15, 0.2) is 12.1 Å². The van der Waals surface area contributed by atoms with Crippen LogP contribution in [-0.2, 0) is 11.2 Å². The van der Waals surface area contributed by atoms with Crippen molar-refractivity contribution in [3.63, 3.8) is 0 Å². The first-order chi connectivity index (χ1) is 9.35. The second-order valence-corrected chi connectivity index (χ2v) is 4.85. The second-order valence-electron chi connectivity index (χ2n) is 4.85. The Hall–Kier alpha value is -1.69. The average Bonchev–Trinajstić information content (AvgIpc) is 2.33. The summed E-state index contributed by atoms with van der Waals surface area (Å²) >= 11 is 0. The maximum Gasteiger partial charge on any atom is 0.260 e. The summed E-state index contributed by atoms with van der Waals surface area (Å²) in [6, 6.07) is 2.26. The van der Waals surface area contributed by atoms with Crippen LogP contribution < -0.4 is 15.8 Å². The standard InChI is InChI=1S/C14H20F2N2O2/c1-8(2)18-14(19)9(3)20-13-11(15)6-10(4-5-17)7-12(13)16/h6-9H,4-5,17H2,1-3H3,(H,18,19). The molecule has 0 aliphatic carbocycles. The summed E-state index contributed by atoms with van der Waals surface area (Å²) in [5.41, 5.74) is 5.79. The molecule has 0 saturated carbocycles. The lowest BCUT2D eigenvalue weighted by Gasteiger charge is -2.17. The normalized spacial score (nSPS) is 12.3. The minimum absolute atomic E-state index is 0.0739. The van der Waals surface area contributed by atoms with E-state index in [2.05, 4.69) is 5.32 Å². The Balaban J connectivity index is 2.84. The molecule has 0 aliphatic rings. The predicted octanol–water partition coefficient (Wildman–Crippen LogP) is 1.76. The molecule has 0 radical (unpaired) electrons. The Morgan fingerprint density at radius 2 is 1.85 bits per heavy atom. The van der Waals surface area contributed by atoms with Gasteiger partial charge >= 0.3 is 0 Å². The molecule has 0 heterocycles. The Bertz CT molecular complexity index is 455. The van der Waals surface area contributed by atoms with Gasteiger partial charge in [0.15, 0.2) is 23.5 Å². The predicted molar refractivity (Wildman–Crippen MR) is 72.5 cm³/mol. The molecule has 1 aromatic rings. The molecule has 0 fully saturated rings. The van der Waals surface area contributed by atoms with Crippen molar-refractivity contribution in [2.75, 3.05) is 6.54 Å². The van der Waals surface area contributed by atoms with E-state index in [4.69, 9.17) is 10.5 Å². The largest absolute Gasteiger partial charge is 0.475 e. The molecule has 4 nitrogen and oxygen atoms in total. The minimum atomic E-state index is -0.984. The van der Waals surface area contributed by atoms with Crippen LogP contribution in [0.5, 0.6) is 5.75 Å². The summed E-state index contributed by atoms with van der Waals surface area (Å²) in [6.07, 6.45) is -0.612. The van der Waals surface area contributed by atoms with Crippen molar-refractivity contribution in [3.05, 3.63) is 29.3 Å². The number of nitrogens with one attached hydrogen (secondary N) is 1. The number of carbonyl (C=O) groups is 1. The highest BCUT2D eigenvalue weighted by molar-refractivity contribution is 5.80. The van der Waals surface area contributed by atoms with Crippen molar-refractivity contribution >= 4 is 5.91 Å². The number of hydrogen-bond donors (Lipinski definition) is 2. The lowest BCUT2D eigenvalue weighted by atomic mass is 10.1. The molecule has 0 aromatic heterocycles. The van der Waals surface area contributed by atoms with Gasteiger partial charge in [-0.2, -0.15) is 0 Å². The summed E-state index contributed by atoms with van der Waals surface area (Å²) in [5.74, 6) is -2.64. The van der Waals surface area contributed by atoms with Crippen molar-refractivity contribution in [2.24, 2.45) is 5.73 Å². The molecule has 0 spiro atoms. The van der Waals surface area contributed by atoms with Gasteiger partial charge in [0.05, 0.1) is 0 Å². The molecule has 0 aliphatic heterocycles. The van der Waals surface area contributed by atoms with E-state index in [1.165, 1.54) is 19.1 Å². The number of benzene rings is 1. The van der Waals surface area contributed by atoms with Crippen LogP contribution in [0.3, 0.4) is 0 Å². The fourth-order valence-corrected chi connectivity index (χ4v) is 1.67. The van der Waals surface area contributed by atoms with Crippen LogP contribution in [0.25, 0.3) is 0 Å². The van der Waals surface area contributed by atoms with E-state index in [0.717, 1.165) is 0 Å². The van der Waals surface area contributed by atoms with Gasteiger partial charge < -0.3 is 15.8 Å². The van der Waals surface area contributed by atoms with E-state index < -0.39 is 29.4 Å². The summed E-state index contributed by atoms with van der Waals surface area (Å²) in [6.45, 7) is 5.30. The summed E-state index contributed by atoms with van der Waals surface area (Å²) < 4.78 is 32.6.